The van der Waals surface area contributed by atoms with Crippen LogP contribution >= 0.6 is 11.8 Å². The first-order chi connectivity index (χ1) is 15.1. The van der Waals surface area contributed by atoms with Crippen LogP contribution in [-0.4, -0.2) is 64.8 Å². The summed E-state index contributed by atoms with van der Waals surface area (Å²) in [6.45, 7) is 3.67. The minimum absolute atomic E-state index is 0.125. The molecule has 1 saturated heterocycles. The highest BCUT2D eigenvalue weighted by Crippen LogP contribution is 2.29. The Morgan fingerprint density at radius 2 is 2.10 bits per heavy atom. The minimum Gasteiger partial charge on any atom is -0.361 e. The Morgan fingerprint density at radius 1 is 1.23 bits per heavy atom. The molecular formula is C25H30N4OS. The number of benzene rings is 2. The Kier molecular flexibility index (Phi) is 5.78. The number of carbonyl (C=O) groups is 1. The van der Waals surface area contributed by atoms with Crippen LogP contribution in [0.1, 0.15) is 34.3 Å². The number of fused-ring (bicyclic) bond motifs is 2. The van der Waals surface area contributed by atoms with Crippen molar-refractivity contribution in [2.45, 2.75) is 36.7 Å². The fraction of sp³-hybridized carbons (Fsp3) is 0.400. The van der Waals surface area contributed by atoms with Crippen LogP contribution in [0.4, 0.5) is 0 Å². The summed E-state index contributed by atoms with van der Waals surface area (Å²) < 4.78 is 0. The average Bonchev–Trinajstić information content (AvgIpc) is 3.50. The summed E-state index contributed by atoms with van der Waals surface area (Å²) in [6.07, 6.45) is 7.90. The maximum absolute atomic E-state index is 12.8. The van der Waals surface area contributed by atoms with E-state index in [1.54, 1.807) is 11.8 Å². The molecule has 5 rings (SSSR count). The van der Waals surface area contributed by atoms with Gasteiger partial charge in [-0.2, -0.15) is 0 Å². The van der Waals surface area contributed by atoms with Crippen LogP contribution in [0.2, 0.25) is 0 Å². The topological polar surface area (TPSA) is 42.6 Å². The van der Waals surface area contributed by atoms with Gasteiger partial charge in [0.1, 0.15) is 0 Å². The molecule has 1 amide bonds. The van der Waals surface area contributed by atoms with Crippen LogP contribution in [-0.2, 0) is 13.0 Å². The fourth-order valence-corrected chi connectivity index (χ4v) is 5.48. The minimum atomic E-state index is 0.125. The number of hydrazine groups is 1. The first-order valence-electron chi connectivity index (χ1n) is 11.1. The maximum Gasteiger partial charge on any atom is 0.268 e. The monoisotopic (exact) mass is 434 g/mol. The number of aromatic nitrogens is 1. The van der Waals surface area contributed by atoms with Gasteiger partial charge in [-0.25, -0.2) is 5.01 Å². The lowest BCUT2D eigenvalue weighted by Crippen LogP contribution is -2.45. The fourth-order valence-electron chi connectivity index (χ4n) is 5.04. The zero-order chi connectivity index (χ0) is 21.4. The Labute approximate surface area is 188 Å². The molecule has 5 nitrogen and oxygen atoms in total. The molecule has 0 aliphatic carbocycles. The molecule has 6 heteroatoms. The van der Waals surface area contributed by atoms with Gasteiger partial charge in [0, 0.05) is 53.7 Å². The number of hydrogen-bond donors (Lipinski definition) is 1. The van der Waals surface area contributed by atoms with Gasteiger partial charge < -0.3 is 4.98 Å². The van der Waals surface area contributed by atoms with Gasteiger partial charge in [-0.3, -0.25) is 14.7 Å². The standard InChI is InChI=1S/C25H30N4OS/c1-27(29-17-18-6-3-4-8-22(18)25(29)30)12-13-28-11-5-7-20(28)14-19-16-26-24-10-9-21(31-2)15-23(19)24/h3-4,6,8-10,15-16,20,26H,5,7,11-14,17H2,1-2H3/t20-/m1/s1. The first kappa shape index (κ1) is 20.6. The summed E-state index contributed by atoms with van der Waals surface area (Å²) in [7, 11) is 2.04. The second-order valence-electron chi connectivity index (χ2n) is 8.66. The predicted octanol–water partition coefficient (Wildman–Crippen LogP) is 4.40. The molecule has 2 aromatic carbocycles. The summed E-state index contributed by atoms with van der Waals surface area (Å²) in [5.74, 6) is 0.125. The molecule has 1 atom stereocenters. The van der Waals surface area contributed by atoms with Crippen molar-refractivity contribution in [1.29, 1.82) is 0 Å². The van der Waals surface area contributed by atoms with E-state index < -0.39 is 0 Å². The van der Waals surface area contributed by atoms with E-state index in [4.69, 9.17) is 0 Å². The molecule has 31 heavy (non-hydrogen) atoms. The number of likely N-dealkylation sites (tertiary alicyclic amines) is 1. The molecule has 3 heterocycles. The van der Waals surface area contributed by atoms with Gasteiger partial charge in [-0.1, -0.05) is 18.2 Å². The van der Waals surface area contributed by atoms with Crippen molar-refractivity contribution < 1.29 is 4.79 Å². The lowest BCUT2D eigenvalue weighted by Gasteiger charge is -2.31. The Bertz CT molecular complexity index is 1090. The molecule has 0 spiro atoms. The number of nitrogens with zero attached hydrogens (tertiary/aromatic N) is 3. The molecule has 3 aromatic rings. The van der Waals surface area contributed by atoms with E-state index in [1.165, 1.54) is 34.2 Å². The molecular weight excluding hydrogens is 404 g/mol. The molecule has 1 fully saturated rings. The van der Waals surface area contributed by atoms with Gasteiger partial charge in [0.05, 0.1) is 6.54 Å². The summed E-state index contributed by atoms with van der Waals surface area (Å²) in [4.78, 5) is 20.1. The molecule has 0 saturated carbocycles. The van der Waals surface area contributed by atoms with Crippen molar-refractivity contribution in [3.05, 3.63) is 65.4 Å². The van der Waals surface area contributed by atoms with E-state index in [0.29, 0.717) is 12.6 Å². The normalized spacial score (nSPS) is 19.1. The zero-order valence-corrected chi connectivity index (χ0v) is 19.1. The largest absolute Gasteiger partial charge is 0.361 e. The number of carbonyl (C=O) groups excluding carboxylic acids is 1. The van der Waals surface area contributed by atoms with Crippen LogP contribution in [0.3, 0.4) is 0 Å². The molecule has 2 aliphatic rings. The highest BCUT2D eigenvalue weighted by Gasteiger charge is 2.31. The number of thioether (sulfide) groups is 1. The number of aromatic amines is 1. The SMILES string of the molecule is CSc1ccc2[nH]cc(C[C@H]3CCCN3CCN(C)N3Cc4ccccc4C3=O)c2c1. The van der Waals surface area contributed by atoms with Gasteiger partial charge in [0.15, 0.2) is 0 Å². The van der Waals surface area contributed by atoms with Crippen molar-refractivity contribution in [3.8, 4) is 0 Å². The molecule has 2 aliphatic heterocycles. The Morgan fingerprint density at radius 3 is 2.94 bits per heavy atom. The maximum atomic E-state index is 12.8. The predicted molar refractivity (Wildman–Crippen MR) is 127 cm³/mol. The number of amides is 1. The third-order valence-corrected chi connectivity index (χ3v) is 7.58. The third-order valence-electron chi connectivity index (χ3n) is 6.85. The number of likely N-dealkylation sites (N-methyl/N-ethyl adjacent to an activating group) is 1. The van der Waals surface area contributed by atoms with Crippen molar-refractivity contribution in [2.24, 2.45) is 0 Å². The van der Waals surface area contributed by atoms with E-state index in [9.17, 15) is 4.79 Å². The van der Waals surface area contributed by atoms with E-state index in [-0.39, 0.29) is 5.91 Å². The van der Waals surface area contributed by atoms with Crippen molar-refractivity contribution in [2.75, 3.05) is 32.9 Å². The lowest BCUT2D eigenvalue weighted by atomic mass is 10.0. The van der Waals surface area contributed by atoms with Crippen LogP contribution in [0.5, 0.6) is 0 Å². The smallest absolute Gasteiger partial charge is 0.268 e. The molecule has 1 aromatic heterocycles. The number of H-pyrrole nitrogens is 1. The first-order valence-corrected chi connectivity index (χ1v) is 12.4. The summed E-state index contributed by atoms with van der Waals surface area (Å²) in [6, 6.07) is 15.2. The third kappa shape index (κ3) is 4.00. The van der Waals surface area contributed by atoms with Gasteiger partial charge in [0.25, 0.3) is 5.91 Å². The zero-order valence-electron chi connectivity index (χ0n) is 18.3. The molecule has 1 N–H and O–H groups in total. The number of rotatable bonds is 7. The quantitative estimate of drug-likeness (QED) is 0.560. The van der Waals surface area contributed by atoms with E-state index >= 15 is 0 Å². The van der Waals surface area contributed by atoms with Crippen LogP contribution in [0.15, 0.2) is 53.6 Å². The molecule has 0 unspecified atom stereocenters. The van der Waals surface area contributed by atoms with Crippen molar-refractivity contribution in [3.63, 3.8) is 0 Å². The number of nitrogens with one attached hydrogen (secondary N) is 1. The van der Waals surface area contributed by atoms with Crippen molar-refractivity contribution >= 4 is 28.6 Å². The van der Waals surface area contributed by atoms with E-state index in [2.05, 4.69) is 51.6 Å². The second kappa shape index (κ2) is 8.69. The molecule has 0 bridgehead atoms. The highest BCUT2D eigenvalue weighted by atomic mass is 32.2. The van der Waals surface area contributed by atoms with Crippen LogP contribution in [0, 0.1) is 0 Å². The Hall–Kier alpha value is -2.28. The Balaban J connectivity index is 1.22. The van der Waals surface area contributed by atoms with E-state index in [0.717, 1.165) is 37.2 Å². The molecule has 0 radical (unpaired) electrons. The highest BCUT2D eigenvalue weighted by molar-refractivity contribution is 7.98. The average molecular weight is 435 g/mol. The van der Waals surface area contributed by atoms with Gasteiger partial charge >= 0.3 is 0 Å². The molecule has 162 valence electrons. The van der Waals surface area contributed by atoms with Gasteiger partial charge in [-0.15, -0.1) is 11.8 Å². The van der Waals surface area contributed by atoms with Gasteiger partial charge in [0.2, 0.25) is 0 Å². The van der Waals surface area contributed by atoms with Crippen LogP contribution in [0.25, 0.3) is 10.9 Å². The summed E-state index contributed by atoms with van der Waals surface area (Å²) in [5.41, 5.74) is 4.62. The summed E-state index contributed by atoms with van der Waals surface area (Å²) in [5, 5.41) is 5.35. The number of hydrogen-bond acceptors (Lipinski definition) is 4. The second-order valence-corrected chi connectivity index (χ2v) is 9.54. The van der Waals surface area contributed by atoms with Gasteiger partial charge in [-0.05, 0) is 67.5 Å². The van der Waals surface area contributed by atoms with Crippen LogP contribution < -0.4 is 0 Å². The summed E-state index contributed by atoms with van der Waals surface area (Å²) >= 11 is 1.80. The lowest BCUT2D eigenvalue weighted by molar-refractivity contribution is 0.00231. The van der Waals surface area contributed by atoms with Crippen molar-refractivity contribution in [1.82, 2.24) is 19.9 Å². The van der Waals surface area contributed by atoms with E-state index in [1.807, 2.05) is 30.3 Å².